The Morgan fingerprint density at radius 3 is 2.52 bits per heavy atom. The van der Waals surface area contributed by atoms with Gasteiger partial charge in [0.05, 0.1) is 12.2 Å². The number of esters is 1. The van der Waals surface area contributed by atoms with Crippen LogP contribution in [0.3, 0.4) is 0 Å². The lowest BCUT2D eigenvalue weighted by molar-refractivity contribution is -0.0970. The number of benzene rings is 1. The molecule has 9 atom stereocenters. The van der Waals surface area contributed by atoms with Gasteiger partial charge >= 0.3 is 5.97 Å². The number of ether oxygens (including phenoxy) is 2. The van der Waals surface area contributed by atoms with Gasteiger partial charge in [0, 0.05) is 0 Å². The van der Waals surface area contributed by atoms with Gasteiger partial charge in [0.25, 0.3) is 0 Å². The summed E-state index contributed by atoms with van der Waals surface area (Å²) in [6.07, 6.45) is 16.7. The Hall–Kier alpha value is -1.87. The third-order valence-electron chi connectivity index (χ3n) is 12.0. The molecule has 3 saturated carbocycles. The van der Waals surface area contributed by atoms with Crippen molar-refractivity contribution in [2.45, 2.75) is 111 Å². The predicted molar refractivity (Wildman–Crippen MR) is 164 cm³/mol. The SMILES string of the molecule is C=CCOC1C2=CC[C@H]3[C@@H]4CC[C@H](C(C)CCCC(C)C)[C@@]4(C)CC[C@@H]3[C@@]2(C)CC[C@@H]1OC(=O)c1ccccc1. The third-order valence-corrected chi connectivity index (χ3v) is 12.0. The van der Waals surface area contributed by atoms with Crippen LogP contribution in [-0.2, 0) is 9.47 Å². The highest BCUT2D eigenvalue weighted by atomic mass is 16.6. The zero-order valence-electron chi connectivity index (χ0n) is 25.9. The summed E-state index contributed by atoms with van der Waals surface area (Å²) in [5, 5.41) is 0. The number of hydrogen-bond donors (Lipinski definition) is 0. The van der Waals surface area contributed by atoms with Crippen molar-refractivity contribution >= 4 is 5.97 Å². The van der Waals surface area contributed by atoms with Gasteiger partial charge in [-0.25, -0.2) is 4.79 Å². The monoisotopic (exact) mass is 546 g/mol. The summed E-state index contributed by atoms with van der Waals surface area (Å²) in [4.78, 5) is 13.0. The molecule has 0 aliphatic heterocycles. The van der Waals surface area contributed by atoms with Crippen molar-refractivity contribution in [1.29, 1.82) is 0 Å². The van der Waals surface area contributed by atoms with E-state index in [0.717, 1.165) is 48.9 Å². The zero-order chi connectivity index (χ0) is 28.5. The van der Waals surface area contributed by atoms with Crippen molar-refractivity contribution in [2.75, 3.05) is 6.61 Å². The normalized spacial score (nSPS) is 37.6. The summed E-state index contributed by atoms with van der Waals surface area (Å²) in [5.41, 5.74) is 2.61. The highest BCUT2D eigenvalue weighted by molar-refractivity contribution is 5.89. The van der Waals surface area contributed by atoms with E-state index in [-0.39, 0.29) is 23.6 Å². The van der Waals surface area contributed by atoms with Crippen molar-refractivity contribution in [3.05, 3.63) is 60.2 Å². The molecule has 1 aromatic rings. The lowest BCUT2D eigenvalue weighted by Gasteiger charge is -2.59. The van der Waals surface area contributed by atoms with Gasteiger partial charge in [-0.1, -0.05) is 84.2 Å². The molecule has 1 aromatic carbocycles. The number of carbonyl (C=O) groups is 1. The van der Waals surface area contributed by atoms with Gasteiger partial charge in [0.15, 0.2) is 0 Å². The molecule has 2 unspecified atom stereocenters. The number of rotatable bonds is 10. The molecule has 40 heavy (non-hydrogen) atoms. The first-order chi connectivity index (χ1) is 19.2. The van der Waals surface area contributed by atoms with Gasteiger partial charge in [0.1, 0.15) is 12.2 Å². The van der Waals surface area contributed by atoms with E-state index < -0.39 is 0 Å². The van der Waals surface area contributed by atoms with Crippen LogP contribution in [-0.4, -0.2) is 24.8 Å². The van der Waals surface area contributed by atoms with Crippen LogP contribution in [0.2, 0.25) is 0 Å². The average molecular weight is 547 g/mol. The van der Waals surface area contributed by atoms with Gasteiger partial charge in [-0.2, -0.15) is 0 Å². The maximum Gasteiger partial charge on any atom is 0.338 e. The fourth-order valence-corrected chi connectivity index (χ4v) is 9.98. The topological polar surface area (TPSA) is 35.5 Å². The van der Waals surface area contributed by atoms with E-state index in [4.69, 9.17) is 9.47 Å². The lowest BCUT2D eigenvalue weighted by Crippen LogP contribution is -2.55. The average Bonchev–Trinajstić information content (AvgIpc) is 3.30. The molecule has 220 valence electrons. The summed E-state index contributed by atoms with van der Waals surface area (Å²) >= 11 is 0. The minimum absolute atomic E-state index is 0.118. The van der Waals surface area contributed by atoms with E-state index in [9.17, 15) is 4.79 Å². The molecule has 0 N–H and O–H groups in total. The Morgan fingerprint density at radius 1 is 1.02 bits per heavy atom. The molecule has 0 spiro atoms. The molecule has 0 radical (unpaired) electrons. The quantitative estimate of drug-likeness (QED) is 0.217. The van der Waals surface area contributed by atoms with Crippen LogP contribution in [0.25, 0.3) is 0 Å². The van der Waals surface area contributed by atoms with Crippen LogP contribution in [0.1, 0.15) is 109 Å². The maximum absolute atomic E-state index is 13.0. The van der Waals surface area contributed by atoms with E-state index in [1.807, 2.05) is 36.4 Å². The predicted octanol–water partition coefficient (Wildman–Crippen LogP) is 9.43. The molecule has 4 aliphatic carbocycles. The molecule has 0 amide bonds. The Labute approximate surface area is 244 Å². The third kappa shape index (κ3) is 5.49. The molecule has 0 heterocycles. The summed E-state index contributed by atoms with van der Waals surface area (Å²) < 4.78 is 12.6. The highest BCUT2D eigenvalue weighted by Crippen LogP contribution is 2.67. The summed E-state index contributed by atoms with van der Waals surface area (Å²) in [6, 6.07) is 9.37. The van der Waals surface area contributed by atoms with Gasteiger partial charge in [-0.05, 0) is 109 Å². The van der Waals surface area contributed by atoms with Crippen molar-refractivity contribution in [1.82, 2.24) is 0 Å². The van der Waals surface area contributed by atoms with Crippen molar-refractivity contribution in [2.24, 2.45) is 46.3 Å². The first-order valence-corrected chi connectivity index (χ1v) is 16.4. The molecule has 4 aliphatic rings. The maximum atomic E-state index is 13.0. The first-order valence-electron chi connectivity index (χ1n) is 16.4. The summed E-state index contributed by atoms with van der Waals surface area (Å²) in [6.45, 7) is 16.8. The first kappa shape index (κ1) is 29.6. The van der Waals surface area contributed by atoms with E-state index in [1.165, 1.54) is 50.5 Å². The molecule has 0 bridgehead atoms. The minimum atomic E-state index is -0.250. The van der Waals surface area contributed by atoms with Gasteiger partial charge < -0.3 is 9.47 Å². The van der Waals surface area contributed by atoms with Crippen LogP contribution in [0, 0.1) is 46.3 Å². The second-order valence-electron chi connectivity index (χ2n) is 14.6. The lowest BCUT2D eigenvalue weighted by atomic mass is 9.46. The van der Waals surface area contributed by atoms with Crippen molar-refractivity contribution < 1.29 is 14.3 Å². The number of hydrogen-bond acceptors (Lipinski definition) is 3. The van der Waals surface area contributed by atoms with E-state index in [1.54, 1.807) is 0 Å². The molecule has 5 rings (SSSR count). The van der Waals surface area contributed by atoms with Crippen LogP contribution in [0.15, 0.2) is 54.6 Å². The second kappa shape index (κ2) is 12.2. The summed E-state index contributed by atoms with van der Waals surface area (Å²) in [7, 11) is 0. The number of allylic oxidation sites excluding steroid dienone is 1. The highest BCUT2D eigenvalue weighted by Gasteiger charge is 2.60. The molecule has 3 heteroatoms. The Bertz CT molecular complexity index is 1060. The minimum Gasteiger partial charge on any atom is -0.456 e. The zero-order valence-corrected chi connectivity index (χ0v) is 25.9. The fraction of sp³-hybridized carbons (Fsp3) is 0.703. The van der Waals surface area contributed by atoms with Crippen LogP contribution < -0.4 is 0 Å². The van der Waals surface area contributed by atoms with Crippen LogP contribution >= 0.6 is 0 Å². The molecule has 0 aromatic heterocycles. The molecule has 3 nitrogen and oxygen atoms in total. The number of carbonyl (C=O) groups excluding carboxylic acids is 1. The van der Waals surface area contributed by atoms with Crippen molar-refractivity contribution in [3.63, 3.8) is 0 Å². The second-order valence-corrected chi connectivity index (χ2v) is 14.6. The molecular formula is C37H54O3. The van der Waals surface area contributed by atoms with E-state index in [0.29, 0.717) is 23.5 Å². The van der Waals surface area contributed by atoms with Crippen LogP contribution in [0.4, 0.5) is 0 Å². The Kier molecular flexibility index (Phi) is 9.00. The Morgan fingerprint density at radius 2 is 1.80 bits per heavy atom. The molecule has 3 fully saturated rings. The largest absolute Gasteiger partial charge is 0.456 e. The van der Waals surface area contributed by atoms with E-state index in [2.05, 4.69) is 47.3 Å². The van der Waals surface area contributed by atoms with Crippen molar-refractivity contribution in [3.8, 4) is 0 Å². The van der Waals surface area contributed by atoms with Gasteiger partial charge in [0.2, 0.25) is 0 Å². The standard InChI is InChI=1S/C37H54O3/c1-7-24-39-34-32-17-16-28-30-19-18-29(26(4)13-11-12-25(2)3)36(30,5)22-20-31(28)37(32,6)23-21-33(34)40-35(38)27-14-9-8-10-15-27/h7-10,14-15,17,25-26,28-31,33-34H,1,11-13,16,18-24H2,2-6H3/t26?,28-,29+,30-,31-,33-,34?,36+,37+/m0/s1. The fourth-order valence-electron chi connectivity index (χ4n) is 9.98. The van der Waals surface area contributed by atoms with Crippen LogP contribution in [0.5, 0.6) is 0 Å². The van der Waals surface area contributed by atoms with Gasteiger partial charge in [-0.3, -0.25) is 0 Å². The Balaban J connectivity index is 1.34. The summed E-state index contributed by atoms with van der Waals surface area (Å²) in [5.74, 6) is 4.57. The van der Waals surface area contributed by atoms with E-state index >= 15 is 0 Å². The molecule has 0 saturated heterocycles. The molecular weight excluding hydrogens is 492 g/mol. The number of fused-ring (bicyclic) bond motifs is 5. The van der Waals surface area contributed by atoms with Gasteiger partial charge in [-0.15, -0.1) is 6.58 Å². The smallest absolute Gasteiger partial charge is 0.338 e.